The van der Waals surface area contributed by atoms with Crippen LogP contribution in [0.5, 0.6) is 0 Å². The van der Waals surface area contributed by atoms with E-state index in [4.69, 9.17) is 4.74 Å². The SMILES string of the molecule is CC[C@@H](O)c1ccc(N2CCOCC2C)cc1. The molecule has 94 valence electrons. The number of hydrogen-bond donors (Lipinski definition) is 1. The van der Waals surface area contributed by atoms with E-state index in [2.05, 4.69) is 24.0 Å². The Morgan fingerprint density at radius 1 is 1.41 bits per heavy atom. The van der Waals surface area contributed by atoms with Crippen molar-refractivity contribution in [3.8, 4) is 0 Å². The predicted octanol–water partition coefficient (Wildman–Crippen LogP) is 2.36. The molecule has 1 unspecified atom stereocenters. The van der Waals surface area contributed by atoms with Gasteiger partial charge in [-0.15, -0.1) is 0 Å². The van der Waals surface area contributed by atoms with Crippen molar-refractivity contribution in [2.45, 2.75) is 32.4 Å². The van der Waals surface area contributed by atoms with Gasteiger partial charge in [-0.05, 0) is 31.0 Å². The first-order valence-corrected chi connectivity index (χ1v) is 6.34. The summed E-state index contributed by atoms with van der Waals surface area (Å²) in [6.45, 7) is 6.69. The molecule has 2 rings (SSSR count). The molecule has 0 amide bonds. The minimum atomic E-state index is -0.342. The molecule has 0 saturated carbocycles. The summed E-state index contributed by atoms with van der Waals surface area (Å²) in [7, 11) is 0. The van der Waals surface area contributed by atoms with Gasteiger partial charge < -0.3 is 14.7 Å². The van der Waals surface area contributed by atoms with Gasteiger partial charge in [-0.1, -0.05) is 19.1 Å². The van der Waals surface area contributed by atoms with Crippen molar-refractivity contribution in [3.63, 3.8) is 0 Å². The highest BCUT2D eigenvalue weighted by Gasteiger charge is 2.19. The molecule has 1 fully saturated rings. The van der Waals surface area contributed by atoms with Crippen LogP contribution in [-0.2, 0) is 4.74 Å². The molecular formula is C14H21NO2. The van der Waals surface area contributed by atoms with E-state index in [1.165, 1.54) is 5.69 Å². The van der Waals surface area contributed by atoms with E-state index in [1.807, 2.05) is 19.1 Å². The first-order chi connectivity index (χ1) is 8.22. The van der Waals surface area contributed by atoms with Crippen LogP contribution in [0.1, 0.15) is 31.9 Å². The number of nitrogens with zero attached hydrogens (tertiary/aromatic N) is 1. The van der Waals surface area contributed by atoms with Crippen molar-refractivity contribution in [3.05, 3.63) is 29.8 Å². The van der Waals surface area contributed by atoms with Crippen molar-refractivity contribution < 1.29 is 9.84 Å². The Labute approximate surface area is 103 Å². The molecule has 0 radical (unpaired) electrons. The average molecular weight is 235 g/mol. The number of hydrogen-bond acceptors (Lipinski definition) is 3. The number of aliphatic hydroxyl groups is 1. The fourth-order valence-corrected chi connectivity index (χ4v) is 2.23. The van der Waals surface area contributed by atoms with Crippen LogP contribution in [-0.4, -0.2) is 30.9 Å². The topological polar surface area (TPSA) is 32.7 Å². The van der Waals surface area contributed by atoms with Crippen LogP contribution < -0.4 is 4.90 Å². The van der Waals surface area contributed by atoms with Crippen molar-refractivity contribution >= 4 is 5.69 Å². The lowest BCUT2D eigenvalue weighted by Crippen LogP contribution is -2.43. The van der Waals surface area contributed by atoms with Crippen LogP contribution in [0, 0.1) is 0 Å². The minimum Gasteiger partial charge on any atom is -0.388 e. The van der Waals surface area contributed by atoms with Gasteiger partial charge in [0.15, 0.2) is 0 Å². The van der Waals surface area contributed by atoms with E-state index in [1.54, 1.807) is 0 Å². The zero-order chi connectivity index (χ0) is 12.3. The summed E-state index contributed by atoms with van der Waals surface area (Å²) in [5, 5.41) is 9.75. The van der Waals surface area contributed by atoms with Crippen LogP contribution in [0.2, 0.25) is 0 Å². The summed E-state index contributed by atoms with van der Waals surface area (Å²) in [6, 6.07) is 8.65. The van der Waals surface area contributed by atoms with Crippen molar-refractivity contribution in [2.24, 2.45) is 0 Å². The Hall–Kier alpha value is -1.06. The number of aliphatic hydroxyl groups excluding tert-OH is 1. The summed E-state index contributed by atoms with van der Waals surface area (Å²) >= 11 is 0. The number of ether oxygens (including phenoxy) is 1. The van der Waals surface area contributed by atoms with Gasteiger partial charge in [-0.3, -0.25) is 0 Å². The molecule has 1 heterocycles. The summed E-state index contributed by atoms with van der Waals surface area (Å²) in [4.78, 5) is 2.35. The quantitative estimate of drug-likeness (QED) is 0.873. The minimum absolute atomic E-state index is 0.342. The van der Waals surface area contributed by atoms with E-state index in [0.29, 0.717) is 6.04 Å². The molecule has 3 heteroatoms. The first kappa shape index (κ1) is 12.4. The highest BCUT2D eigenvalue weighted by molar-refractivity contribution is 5.49. The molecule has 1 aromatic rings. The fourth-order valence-electron chi connectivity index (χ4n) is 2.23. The fraction of sp³-hybridized carbons (Fsp3) is 0.571. The molecule has 1 aliphatic rings. The van der Waals surface area contributed by atoms with E-state index >= 15 is 0 Å². The van der Waals surface area contributed by atoms with Gasteiger partial charge in [0.2, 0.25) is 0 Å². The van der Waals surface area contributed by atoms with Crippen LogP contribution in [0.4, 0.5) is 5.69 Å². The van der Waals surface area contributed by atoms with Gasteiger partial charge in [-0.2, -0.15) is 0 Å². The third-order valence-corrected chi connectivity index (χ3v) is 3.36. The number of rotatable bonds is 3. The Morgan fingerprint density at radius 2 is 2.12 bits per heavy atom. The molecule has 17 heavy (non-hydrogen) atoms. The predicted molar refractivity (Wildman–Crippen MR) is 69.3 cm³/mol. The van der Waals surface area contributed by atoms with Gasteiger partial charge in [0.05, 0.1) is 19.3 Å². The Bertz CT molecular complexity index is 350. The second-order valence-electron chi connectivity index (χ2n) is 4.63. The summed E-state index contributed by atoms with van der Waals surface area (Å²) < 4.78 is 5.43. The molecule has 2 atom stereocenters. The smallest absolute Gasteiger partial charge is 0.0787 e. The summed E-state index contributed by atoms with van der Waals surface area (Å²) in [6.07, 6.45) is 0.416. The highest BCUT2D eigenvalue weighted by atomic mass is 16.5. The molecule has 1 aliphatic heterocycles. The summed E-state index contributed by atoms with van der Waals surface area (Å²) in [5.74, 6) is 0. The molecule has 0 spiro atoms. The number of benzene rings is 1. The van der Waals surface area contributed by atoms with E-state index in [9.17, 15) is 5.11 Å². The van der Waals surface area contributed by atoms with E-state index < -0.39 is 0 Å². The molecular weight excluding hydrogens is 214 g/mol. The van der Waals surface area contributed by atoms with E-state index in [-0.39, 0.29) is 6.10 Å². The Morgan fingerprint density at radius 3 is 2.71 bits per heavy atom. The monoisotopic (exact) mass is 235 g/mol. The first-order valence-electron chi connectivity index (χ1n) is 6.34. The van der Waals surface area contributed by atoms with Crippen molar-refractivity contribution in [1.82, 2.24) is 0 Å². The number of morpholine rings is 1. The van der Waals surface area contributed by atoms with Crippen molar-refractivity contribution in [2.75, 3.05) is 24.7 Å². The van der Waals surface area contributed by atoms with Crippen molar-refractivity contribution in [1.29, 1.82) is 0 Å². The molecule has 1 N–H and O–H groups in total. The zero-order valence-corrected chi connectivity index (χ0v) is 10.6. The maximum Gasteiger partial charge on any atom is 0.0787 e. The Balaban J connectivity index is 2.11. The Kier molecular flexibility index (Phi) is 4.02. The second kappa shape index (κ2) is 5.52. The van der Waals surface area contributed by atoms with Crippen LogP contribution in [0.3, 0.4) is 0 Å². The van der Waals surface area contributed by atoms with Gasteiger partial charge in [0.1, 0.15) is 0 Å². The van der Waals surface area contributed by atoms with Gasteiger partial charge in [0.25, 0.3) is 0 Å². The lowest BCUT2D eigenvalue weighted by atomic mass is 10.1. The zero-order valence-electron chi connectivity index (χ0n) is 10.6. The molecule has 1 aromatic carbocycles. The average Bonchev–Trinajstić information content (AvgIpc) is 2.39. The second-order valence-corrected chi connectivity index (χ2v) is 4.63. The van der Waals surface area contributed by atoms with Crippen LogP contribution in [0.15, 0.2) is 24.3 Å². The largest absolute Gasteiger partial charge is 0.388 e. The van der Waals surface area contributed by atoms with Crippen LogP contribution in [0.25, 0.3) is 0 Å². The molecule has 0 aliphatic carbocycles. The molecule has 3 nitrogen and oxygen atoms in total. The van der Waals surface area contributed by atoms with Gasteiger partial charge >= 0.3 is 0 Å². The molecule has 0 bridgehead atoms. The maximum absolute atomic E-state index is 9.75. The maximum atomic E-state index is 9.75. The third kappa shape index (κ3) is 2.79. The lowest BCUT2D eigenvalue weighted by Gasteiger charge is -2.35. The lowest BCUT2D eigenvalue weighted by molar-refractivity contribution is 0.0989. The molecule has 1 saturated heterocycles. The van der Waals surface area contributed by atoms with Gasteiger partial charge in [0, 0.05) is 18.3 Å². The van der Waals surface area contributed by atoms with Gasteiger partial charge in [-0.25, -0.2) is 0 Å². The summed E-state index contributed by atoms with van der Waals surface area (Å²) in [5.41, 5.74) is 2.21. The standard InChI is InChI=1S/C14H21NO2/c1-3-14(16)12-4-6-13(7-5-12)15-8-9-17-10-11(15)2/h4-7,11,14,16H,3,8-10H2,1-2H3/t11?,14-/m1/s1. The van der Waals surface area contributed by atoms with E-state index in [0.717, 1.165) is 31.7 Å². The molecule has 0 aromatic heterocycles. The number of anilines is 1. The normalized spacial score (nSPS) is 22.5. The highest BCUT2D eigenvalue weighted by Crippen LogP contribution is 2.23. The third-order valence-electron chi connectivity index (χ3n) is 3.36. The van der Waals surface area contributed by atoms with Crippen LogP contribution >= 0.6 is 0 Å².